The van der Waals surface area contributed by atoms with E-state index in [1.807, 2.05) is 6.08 Å². The third-order valence-corrected chi connectivity index (χ3v) is 2.94. The van der Waals surface area contributed by atoms with Crippen LogP contribution in [0, 0.1) is 0 Å². The first-order valence-corrected chi connectivity index (χ1v) is 4.98. The van der Waals surface area contributed by atoms with Gasteiger partial charge in [0.1, 0.15) is 0 Å². The smallest absolute Gasteiger partial charge is 0.176 e. The van der Waals surface area contributed by atoms with Crippen LogP contribution in [-0.4, -0.2) is 11.8 Å². The molecule has 13 heavy (non-hydrogen) atoms. The van der Waals surface area contributed by atoms with Crippen molar-refractivity contribution < 1.29 is 4.79 Å². The number of rotatable bonds is 0. The molecule has 0 amide bonds. The molecule has 0 aromatic rings. The van der Waals surface area contributed by atoms with E-state index in [2.05, 4.69) is 0 Å². The fraction of sp³-hybridized carbons (Fsp3) is 0.545. The van der Waals surface area contributed by atoms with Crippen LogP contribution in [0.15, 0.2) is 23.3 Å². The molecule has 1 unspecified atom stereocenters. The van der Waals surface area contributed by atoms with Gasteiger partial charge in [-0.1, -0.05) is 12.5 Å². The molecule has 2 nitrogen and oxygen atoms in total. The highest BCUT2D eigenvalue weighted by Crippen LogP contribution is 2.28. The fourth-order valence-corrected chi connectivity index (χ4v) is 2.13. The zero-order valence-electron chi connectivity index (χ0n) is 7.75. The average molecular weight is 177 g/mol. The highest BCUT2D eigenvalue weighted by Gasteiger charge is 2.23. The van der Waals surface area contributed by atoms with Crippen molar-refractivity contribution in [2.75, 3.05) is 0 Å². The molecule has 2 aliphatic carbocycles. The Hall–Kier alpha value is -0.890. The quantitative estimate of drug-likeness (QED) is 0.612. The molecular formula is C11H15NO. The Morgan fingerprint density at radius 3 is 2.77 bits per heavy atom. The zero-order valence-corrected chi connectivity index (χ0v) is 7.75. The van der Waals surface area contributed by atoms with Crippen LogP contribution in [0.5, 0.6) is 0 Å². The van der Waals surface area contributed by atoms with Gasteiger partial charge in [-0.15, -0.1) is 0 Å². The second-order valence-corrected chi connectivity index (χ2v) is 3.82. The van der Waals surface area contributed by atoms with E-state index in [0.29, 0.717) is 0 Å². The van der Waals surface area contributed by atoms with Crippen LogP contribution in [-0.2, 0) is 4.79 Å². The maximum Gasteiger partial charge on any atom is 0.176 e. The summed E-state index contributed by atoms with van der Waals surface area (Å²) in [6.07, 6.45) is 9.42. The molecule has 2 rings (SSSR count). The van der Waals surface area contributed by atoms with E-state index >= 15 is 0 Å². The van der Waals surface area contributed by atoms with Gasteiger partial charge in [0.05, 0.1) is 6.04 Å². The minimum atomic E-state index is -0.335. The summed E-state index contributed by atoms with van der Waals surface area (Å²) >= 11 is 0. The number of carbonyl (C=O) groups is 1. The van der Waals surface area contributed by atoms with E-state index in [1.54, 1.807) is 6.08 Å². The summed E-state index contributed by atoms with van der Waals surface area (Å²) in [5.41, 5.74) is 8.37. The van der Waals surface area contributed by atoms with Crippen LogP contribution in [0.1, 0.15) is 32.1 Å². The largest absolute Gasteiger partial charge is 0.318 e. The molecule has 2 heteroatoms. The van der Waals surface area contributed by atoms with Gasteiger partial charge in [0.15, 0.2) is 5.78 Å². The molecule has 0 bridgehead atoms. The lowest BCUT2D eigenvalue weighted by molar-refractivity contribution is -0.115. The molecule has 1 atom stereocenters. The molecule has 0 fully saturated rings. The van der Waals surface area contributed by atoms with E-state index in [9.17, 15) is 4.79 Å². The molecule has 0 aliphatic heterocycles. The monoisotopic (exact) mass is 177 g/mol. The van der Waals surface area contributed by atoms with E-state index in [4.69, 9.17) is 5.73 Å². The molecule has 0 spiro atoms. The predicted molar refractivity (Wildman–Crippen MR) is 52.2 cm³/mol. The number of nitrogens with two attached hydrogens (primary N) is 1. The van der Waals surface area contributed by atoms with Crippen LogP contribution in [0.2, 0.25) is 0 Å². The number of carbonyl (C=O) groups excluding carboxylic acids is 1. The summed E-state index contributed by atoms with van der Waals surface area (Å²) in [5, 5.41) is 0. The van der Waals surface area contributed by atoms with Gasteiger partial charge in [-0.2, -0.15) is 0 Å². The summed E-state index contributed by atoms with van der Waals surface area (Å²) in [6.45, 7) is 0. The van der Waals surface area contributed by atoms with Gasteiger partial charge in [0.25, 0.3) is 0 Å². The molecule has 2 N–H and O–H groups in total. The predicted octanol–water partition coefficient (Wildman–Crippen LogP) is 1.71. The third-order valence-electron chi connectivity index (χ3n) is 2.94. The maximum atomic E-state index is 11.3. The van der Waals surface area contributed by atoms with Crippen molar-refractivity contribution in [3.63, 3.8) is 0 Å². The lowest BCUT2D eigenvalue weighted by atomic mass is 9.89. The Balaban J connectivity index is 2.30. The fourth-order valence-electron chi connectivity index (χ4n) is 2.13. The average Bonchev–Trinajstić information content (AvgIpc) is 2.36. The van der Waals surface area contributed by atoms with Crippen molar-refractivity contribution in [1.82, 2.24) is 0 Å². The molecule has 0 radical (unpaired) electrons. The summed E-state index contributed by atoms with van der Waals surface area (Å²) in [7, 11) is 0. The van der Waals surface area contributed by atoms with Gasteiger partial charge in [0.2, 0.25) is 0 Å². The number of hydrogen-bond acceptors (Lipinski definition) is 2. The minimum absolute atomic E-state index is 0.0700. The normalized spacial score (nSPS) is 28.7. The van der Waals surface area contributed by atoms with Crippen molar-refractivity contribution in [3.8, 4) is 0 Å². The Kier molecular flexibility index (Phi) is 2.32. The van der Waals surface area contributed by atoms with Crippen molar-refractivity contribution >= 4 is 5.78 Å². The minimum Gasteiger partial charge on any atom is -0.318 e. The molecule has 0 saturated carbocycles. The van der Waals surface area contributed by atoms with Gasteiger partial charge in [0, 0.05) is 0 Å². The van der Waals surface area contributed by atoms with Crippen molar-refractivity contribution in [3.05, 3.63) is 23.3 Å². The Labute approximate surface area is 78.5 Å². The number of allylic oxidation sites excluding steroid dienone is 2. The summed E-state index contributed by atoms with van der Waals surface area (Å²) in [5.74, 6) is 0.0700. The molecule has 0 heterocycles. The SMILES string of the molecule is NC1C(=O)C=CC2=C1CCCCC2. The second kappa shape index (κ2) is 3.46. The van der Waals surface area contributed by atoms with Crippen LogP contribution in [0.3, 0.4) is 0 Å². The van der Waals surface area contributed by atoms with Crippen molar-refractivity contribution in [1.29, 1.82) is 0 Å². The molecule has 70 valence electrons. The van der Waals surface area contributed by atoms with Crippen LogP contribution in [0.4, 0.5) is 0 Å². The van der Waals surface area contributed by atoms with Gasteiger partial charge in [-0.05, 0) is 42.9 Å². The Bertz CT molecular complexity index is 288. The highest BCUT2D eigenvalue weighted by molar-refractivity contribution is 5.98. The maximum absolute atomic E-state index is 11.3. The first-order chi connectivity index (χ1) is 6.29. The van der Waals surface area contributed by atoms with E-state index in [-0.39, 0.29) is 11.8 Å². The highest BCUT2D eigenvalue weighted by atomic mass is 16.1. The lowest BCUT2D eigenvalue weighted by Crippen LogP contribution is -2.33. The Morgan fingerprint density at radius 1 is 1.15 bits per heavy atom. The van der Waals surface area contributed by atoms with Gasteiger partial charge in [-0.25, -0.2) is 0 Å². The van der Waals surface area contributed by atoms with Crippen LogP contribution >= 0.6 is 0 Å². The van der Waals surface area contributed by atoms with Crippen LogP contribution in [0.25, 0.3) is 0 Å². The van der Waals surface area contributed by atoms with E-state index in [1.165, 1.54) is 30.4 Å². The zero-order chi connectivity index (χ0) is 9.26. The van der Waals surface area contributed by atoms with Gasteiger partial charge >= 0.3 is 0 Å². The first-order valence-electron chi connectivity index (χ1n) is 4.98. The van der Waals surface area contributed by atoms with Crippen molar-refractivity contribution in [2.45, 2.75) is 38.1 Å². The van der Waals surface area contributed by atoms with Gasteiger partial charge in [-0.3, -0.25) is 4.79 Å². The molecular weight excluding hydrogens is 162 g/mol. The van der Waals surface area contributed by atoms with E-state index in [0.717, 1.165) is 12.8 Å². The molecule has 0 saturated heterocycles. The van der Waals surface area contributed by atoms with Gasteiger partial charge < -0.3 is 5.73 Å². The first kappa shape index (κ1) is 8.70. The molecule has 0 aromatic carbocycles. The molecule has 0 aromatic heterocycles. The number of ketones is 1. The standard InChI is InChI=1S/C11H15NO/c12-11-9-5-3-1-2-4-8(9)6-7-10(11)13/h6-7,11H,1-5,12H2. The Morgan fingerprint density at radius 2 is 1.92 bits per heavy atom. The topological polar surface area (TPSA) is 43.1 Å². The van der Waals surface area contributed by atoms with Crippen molar-refractivity contribution in [2.24, 2.45) is 5.73 Å². The van der Waals surface area contributed by atoms with E-state index < -0.39 is 0 Å². The summed E-state index contributed by atoms with van der Waals surface area (Å²) in [4.78, 5) is 11.3. The number of hydrogen-bond donors (Lipinski definition) is 1. The third kappa shape index (κ3) is 1.59. The second-order valence-electron chi connectivity index (χ2n) is 3.82. The molecule has 2 aliphatic rings. The summed E-state index contributed by atoms with van der Waals surface area (Å²) in [6, 6.07) is -0.335. The summed E-state index contributed by atoms with van der Waals surface area (Å²) < 4.78 is 0. The van der Waals surface area contributed by atoms with Crippen LogP contribution < -0.4 is 5.73 Å². The lowest BCUT2D eigenvalue weighted by Gasteiger charge is -2.19.